The van der Waals surface area contributed by atoms with Crippen LogP contribution in [0, 0.1) is 20.8 Å². The zero-order chi connectivity index (χ0) is 75.8. The molecule has 0 aliphatic carbocycles. The number of benzene rings is 8. The SMILES string of the molecule is CC1(C)OB(c2cccc(C(=O)CBr)c2)OC1(C)C.CC1(C)OB(c2cccc(C3COc4ccccc4O3)c2)OC1(C)C.Cc1ccccc1O.Cc1ccccc1OCC(=O)c1cccc(B2OC(C)(C)C(C)(C)O2)c1.Cc1ccccc1OCC(O)c1cccc(B2OC(C)(C)C(C)(C)O2)c1. The zero-order valence-corrected chi connectivity index (χ0v) is 65.3. The third kappa shape index (κ3) is 19.6. The molecule has 8 aromatic carbocycles. The van der Waals surface area contributed by atoms with Gasteiger partial charge < -0.3 is 66.4 Å². The number of carbonyl (C=O) groups excluding carboxylic acids is 2. The number of para-hydroxylation sites is 5. The minimum atomic E-state index is -0.725. The van der Waals surface area contributed by atoms with E-state index in [1.54, 1.807) is 18.2 Å². The molecule has 0 saturated carbocycles. The summed E-state index contributed by atoms with van der Waals surface area (Å²) < 4.78 is 72.0. The first kappa shape index (κ1) is 80.6. The fourth-order valence-corrected chi connectivity index (χ4v) is 11.5. The number of rotatable bonds is 15. The Bertz CT molecular complexity index is 4170. The van der Waals surface area contributed by atoms with E-state index in [1.165, 1.54) is 0 Å². The van der Waals surface area contributed by atoms with Gasteiger partial charge in [0, 0.05) is 11.1 Å². The summed E-state index contributed by atoms with van der Waals surface area (Å²) in [6.07, 6.45) is -0.866. The van der Waals surface area contributed by atoms with Gasteiger partial charge in [-0.3, -0.25) is 9.59 Å². The van der Waals surface area contributed by atoms with Crippen LogP contribution in [0.3, 0.4) is 0 Å². The Labute approximate surface area is 625 Å². The van der Waals surface area contributed by atoms with E-state index in [1.807, 2.05) is 268 Å². The first-order valence-electron chi connectivity index (χ1n) is 35.4. The number of aromatic hydroxyl groups is 1. The van der Waals surface area contributed by atoms with Crippen LogP contribution in [0.2, 0.25) is 0 Å². The highest BCUT2D eigenvalue weighted by Crippen LogP contribution is 2.41. The molecular weight excluding hydrogens is 1380 g/mol. The second-order valence-electron chi connectivity index (χ2n) is 30.7. The Balaban J connectivity index is 0.000000156. The first-order chi connectivity index (χ1) is 48.8. The number of aliphatic hydroxyl groups is 1. The van der Waals surface area contributed by atoms with E-state index in [4.69, 9.17) is 61.3 Å². The molecule has 2 N–H and O–H groups in total. The lowest BCUT2D eigenvalue weighted by Crippen LogP contribution is -2.41. The topological polar surface area (TPSA) is 185 Å². The number of Topliss-reactive ketones (excluding diaryl/α,β-unsaturated/α-hetero) is 2. The smallest absolute Gasteiger partial charge is 0.494 e. The Kier molecular flexibility index (Phi) is 25.6. The number of alkyl halides is 1. The van der Waals surface area contributed by atoms with E-state index in [0.717, 1.165) is 72.7 Å². The molecule has 13 rings (SSSR count). The van der Waals surface area contributed by atoms with Crippen molar-refractivity contribution >= 4 is 77.8 Å². The maximum Gasteiger partial charge on any atom is 0.494 e. The van der Waals surface area contributed by atoms with Crippen LogP contribution < -0.4 is 40.8 Å². The Morgan fingerprint density at radius 1 is 0.433 bits per heavy atom. The summed E-state index contributed by atoms with van der Waals surface area (Å²) in [4.78, 5) is 24.3. The van der Waals surface area contributed by atoms with E-state index in [0.29, 0.717) is 28.8 Å². The molecule has 0 aromatic heterocycles. The summed E-state index contributed by atoms with van der Waals surface area (Å²) in [7, 11) is -1.72. The minimum absolute atomic E-state index is 0.00231. The summed E-state index contributed by atoms with van der Waals surface area (Å²) in [5.74, 6) is 3.43. The normalized spacial score (nSPS) is 19.5. The van der Waals surface area contributed by atoms with Crippen molar-refractivity contribution in [3.05, 3.63) is 233 Å². The number of aryl methyl sites for hydroxylation is 3. The number of fused-ring (bicyclic) bond motifs is 1. The van der Waals surface area contributed by atoms with Crippen LogP contribution in [0.4, 0.5) is 0 Å². The zero-order valence-electron chi connectivity index (χ0n) is 63.8. The summed E-state index contributed by atoms with van der Waals surface area (Å²) in [6, 6.07) is 61.1. The molecule has 0 bridgehead atoms. The number of aliphatic hydroxyl groups excluding tert-OH is 1. The van der Waals surface area contributed by atoms with Gasteiger partial charge in [0.25, 0.3) is 0 Å². The van der Waals surface area contributed by atoms with Crippen molar-refractivity contribution in [2.45, 2.75) is 189 Å². The van der Waals surface area contributed by atoms with E-state index in [-0.39, 0.29) is 71.6 Å². The van der Waals surface area contributed by atoms with Crippen LogP contribution in [0.5, 0.6) is 28.7 Å². The Morgan fingerprint density at radius 2 is 0.798 bits per heavy atom. The number of ketones is 2. The van der Waals surface area contributed by atoms with Crippen LogP contribution in [0.25, 0.3) is 0 Å². The van der Waals surface area contributed by atoms with Crippen molar-refractivity contribution in [3.63, 3.8) is 0 Å². The molecule has 4 fully saturated rings. The number of hydrogen-bond acceptors (Lipinski definition) is 16. The second kappa shape index (κ2) is 33.1. The molecule has 2 atom stereocenters. The lowest BCUT2D eigenvalue weighted by Gasteiger charge is -2.32. The van der Waals surface area contributed by atoms with Crippen molar-refractivity contribution < 1.29 is 76.0 Å². The predicted molar refractivity (Wildman–Crippen MR) is 418 cm³/mol. The molecule has 16 nitrogen and oxygen atoms in total. The second-order valence-corrected chi connectivity index (χ2v) is 31.3. The van der Waals surface area contributed by atoms with Crippen LogP contribution in [0.1, 0.15) is 172 Å². The molecule has 5 heterocycles. The standard InChI is InChI=1S/C21H27BO4.C21H25BO4.C20H23BO4.C14H18BBrO3.C7H8O/c2*1-15-9-6-7-12-19(15)24-14-18(23)16-10-8-11-17(13-16)22-25-20(2,3)21(4,5)26-22;1-19(2)20(3,4)25-21(24-19)15-9-7-8-14(12-15)18-13-22-16-10-5-6-11-17(16)23-18;1-13(2)14(3,4)19-15(18-13)11-7-5-6-10(8-11)12(17)9-16;1-6-4-2-3-5-7(6)8/h6-13,18,23H,14H2,1-5H3;6-13H,14H2,1-5H3;5-12,18H,13H2,1-4H3;5-8H,9H2,1-4H3;2-5,8H,1H3. The van der Waals surface area contributed by atoms with Gasteiger partial charge in [-0.1, -0.05) is 180 Å². The molecule has 0 spiro atoms. The summed E-state index contributed by atoms with van der Waals surface area (Å²) in [5, 5.41) is 19.8. The van der Waals surface area contributed by atoms with Gasteiger partial charge in [-0.2, -0.15) is 0 Å². The van der Waals surface area contributed by atoms with E-state index >= 15 is 0 Å². The van der Waals surface area contributed by atoms with Crippen molar-refractivity contribution in [1.29, 1.82) is 0 Å². The third-order valence-electron chi connectivity index (χ3n) is 20.8. The van der Waals surface area contributed by atoms with Gasteiger partial charge in [-0.15, -0.1) is 0 Å². The van der Waals surface area contributed by atoms with Gasteiger partial charge >= 0.3 is 28.5 Å². The molecule has 104 heavy (non-hydrogen) atoms. The van der Waals surface area contributed by atoms with Gasteiger partial charge in [0.05, 0.1) is 50.1 Å². The Hall–Kier alpha value is -7.52. The highest BCUT2D eigenvalue weighted by atomic mass is 79.9. The van der Waals surface area contributed by atoms with Gasteiger partial charge in [-0.25, -0.2) is 0 Å². The van der Waals surface area contributed by atoms with E-state index < -0.39 is 38.7 Å². The minimum Gasteiger partial charge on any atom is -0.508 e. The molecule has 0 radical (unpaired) electrons. The monoisotopic (exact) mass is 1480 g/mol. The van der Waals surface area contributed by atoms with Crippen molar-refractivity contribution in [3.8, 4) is 28.7 Å². The molecule has 0 amide bonds. The number of hydrogen-bond donors (Lipinski definition) is 2. The fraction of sp³-hybridized carbons (Fsp3) is 0.398. The number of phenols is 1. The highest BCUT2D eigenvalue weighted by molar-refractivity contribution is 9.09. The Morgan fingerprint density at radius 3 is 1.22 bits per heavy atom. The quantitative estimate of drug-likeness (QED) is 0.0560. The van der Waals surface area contributed by atoms with Gasteiger partial charge in [0.15, 0.2) is 35.8 Å². The van der Waals surface area contributed by atoms with Crippen LogP contribution in [-0.2, 0) is 37.2 Å². The number of ether oxygens (including phenoxy) is 4. The molecule has 5 aliphatic heterocycles. The van der Waals surface area contributed by atoms with Gasteiger partial charge in [-0.05, 0) is 212 Å². The largest absolute Gasteiger partial charge is 0.508 e. The van der Waals surface area contributed by atoms with Crippen molar-refractivity contribution in [2.24, 2.45) is 0 Å². The first-order valence-corrected chi connectivity index (χ1v) is 36.6. The number of carbonyl (C=O) groups is 2. The van der Waals surface area contributed by atoms with Crippen molar-refractivity contribution in [2.75, 3.05) is 25.2 Å². The number of phenolic OH excluding ortho intramolecular Hbond substituents is 1. The number of halogens is 1. The van der Waals surface area contributed by atoms with Crippen LogP contribution >= 0.6 is 15.9 Å². The van der Waals surface area contributed by atoms with Gasteiger partial charge in [0.2, 0.25) is 0 Å². The van der Waals surface area contributed by atoms with Gasteiger partial charge in [0.1, 0.15) is 36.6 Å². The average Bonchev–Trinajstić information content (AvgIpc) is 1.65. The molecule has 2 unspecified atom stereocenters. The highest BCUT2D eigenvalue weighted by Gasteiger charge is 2.55. The molecule has 5 aliphatic rings. The molecule has 8 aromatic rings. The van der Waals surface area contributed by atoms with E-state index in [9.17, 15) is 14.7 Å². The lowest BCUT2D eigenvalue weighted by molar-refractivity contribution is 0.00578. The summed E-state index contributed by atoms with van der Waals surface area (Å²) in [6.45, 7) is 39.0. The van der Waals surface area contributed by atoms with Crippen LogP contribution in [0.15, 0.2) is 194 Å². The van der Waals surface area contributed by atoms with E-state index in [2.05, 4.69) is 55.8 Å². The lowest BCUT2D eigenvalue weighted by atomic mass is 9.78. The average molecular weight is 1480 g/mol. The van der Waals surface area contributed by atoms with Crippen molar-refractivity contribution in [1.82, 2.24) is 0 Å². The van der Waals surface area contributed by atoms with Crippen LogP contribution in [-0.4, -0.2) is 120 Å². The third-order valence-corrected chi connectivity index (χ3v) is 21.3. The summed E-state index contributed by atoms with van der Waals surface area (Å²) in [5.41, 5.74) is 6.66. The predicted octanol–water partition coefficient (Wildman–Crippen LogP) is 14.7. The maximum absolute atomic E-state index is 12.5. The summed E-state index contributed by atoms with van der Waals surface area (Å²) >= 11 is 3.18. The molecule has 4 saturated heterocycles. The molecule has 21 heteroatoms. The fourth-order valence-electron chi connectivity index (χ4n) is 11.2. The maximum atomic E-state index is 12.5. The molecular formula is C83H101B4BrO16. The molecule has 548 valence electrons.